The summed E-state index contributed by atoms with van der Waals surface area (Å²) in [5.74, 6) is -0.401. The average Bonchev–Trinajstić information content (AvgIpc) is 2.66. The Kier molecular flexibility index (Phi) is 7.00. The number of carbonyl (C=O) groups excluding carboxylic acids is 2. The molecule has 0 aliphatic rings. The third kappa shape index (κ3) is 5.23. The van der Waals surface area contributed by atoms with Crippen molar-refractivity contribution in [1.82, 2.24) is 5.32 Å². The Morgan fingerprint density at radius 1 is 1.14 bits per heavy atom. The number of hydrogen-bond donors (Lipinski definition) is 3. The number of rotatable bonds is 7. The molecule has 1 atom stereocenters. The van der Waals surface area contributed by atoms with Crippen molar-refractivity contribution in [2.24, 2.45) is 5.41 Å². The van der Waals surface area contributed by atoms with Crippen LogP contribution in [0.4, 0.5) is 4.79 Å². The standard InChI is InChI=1S/C21H25NO6/c1-21(2,11-12-23)18(15-9-10-17(27-3)16(24)13-15)28-20(26)22-19(25)14-7-5-4-6-8-14/h4-10,13,18,23-24H,11-12H2,1-3H3,(H,22,25,26)/t18-/m1/s1. The molecular weight excluding hydrogens is 362 g/mol. The number of aromatic hydroxyl groups is 1. The van der Waals surface area contributed by atoms with Crippen molar-refractivity contribution in [2.45, 2.75) is 26.4 Å². The van der Waals surface area contributed by atoms with Gasteiger partial charge in [-0.05, 0) is 36.2 Å². The van der Waals surface area contributed by atoms with Crippen LogP contribution in [0.5, 0.6) is 11.5 Å². The smallest absolute Gasteiger partial charge is 0.414 e. The van der Waals surface area contributed by atoms with E-state index in [2.05, 4.69) is 5.32 Å². The molecule has 2 aromatic carbocycles. The van der Waals surface area contributed by atoms with Gasteiger partial charge in [0.2, 0.25) is 0 Å². The van der Waals surface area contributed by atoms with Crippen molar-refractivity contribution in [2.75, 3.05) is 13.7 Å². The molecule has 0 heterocycles. The van der Waals surface area contributed by atoms with E-state index in [-0.39, 0.29) is 18.1 Å². The Morgan fingerprint density at radius 2 is 1.82 bits per heavy atom. The van der Waals surface area contributed by atoms with Crippen LogP contribution < -0.4 is 10.1 Å². The number of benzene rings is 2. The second-order valence-corrected chi connectivity index (χ2v) is 7.00. The van der Waals surface area contributed by atoms with Gasteiger partial charge in [-0.15, -0.1) is 0 Å². The minimum absolute atomic E-state index is 0.103. The summed E-state index contributed by atoms with van der Waals surface area (Å²) >= 11 is 0. The first kappa shape index (κ1) is 21.2. The van der Waals surface area contributed by atoms with Crippen molar-refractivity contribution in [3.63, 3.8) is 0 Å². The summed E-state index contributed by atoms with van der Waals surface area (Å²) in [6.45, 7) is 3.53. The van der Waals surface area contributed by atoms with Gasteiger partial charge in [0, 0.05) is 17.6 Å². The lowest BCUT2D eigenvalue weighted by Crippen LogP contribution is -2.36. The largest absolute Gasteiger partial charge is 0.504 e. The molecular formula is C21H25NO6. The predicted octanol–water partition coefficient (Wildman–Crippen LogP) is 3.42. The van der Waals surface area contributed by atoms with E-state index in [4.69, 9.17) is 9.47 Å². The van der Waals surface area contributed by atoms with Crippen LogP contribution >= 0.6 is 0 Å². The van der Waals surface area contributed by atoms with Gasteiger partial charge in [0.15, 0.2) is 11.5 Å². The SMILES string of the molecule is COc1ccc([C@@H](OC(=O)NC(=O)c2ccccc2)C(C)(C)CCO)cc1O. The summed E-state index contributed by atoms with van der Waals surface area (Å²) < 4.78 is 10.6. The quantitative estimate of drug-likeness (QED) is 0.672. The molecule has 150 valence electrons. The number of imide groups is 1. The maximum absolute atomic E-state index is 12.4. The Labute approximate surface area is 163 Å². The lowest BCUT2D eigenvalue weighted by molar-refractivity contribution is 0.00858. The molecule has 0 saturated heterocycles. The zero-order valence-corrected chi connectivity index (χ0v) is 16.1. The summed E-state index contributed by atoms with van der Waals surface area (Å²) in [5, 5.41) is 21.7. The van der Waals surface area contributed by atoms with E-state index in [1.54, 1.807) is 42.5 Å². The van der Waals surface area contributed by atoms with Crippen LogP contribution in [0.25, 0.3) is 0 Å². The molecule has 0 unspecified atom stereocenters. The number of phenolic OH excluding ortho intramolecular Hbond substituents is 1. The number of amides is 2. The number of nitrogens with one attached hydrogen (secondary N) is 1. The van der Waals surface area contributed by atoms with Crippen LogP contribution in [-0.2, 0) is 4.74 Å². The summed E-state index contributed by atoms with van der Waals surface area (Å²) in [7, 11) is 1.43. The molecule has 0 aliphatic heterocycles. The molecule has 3 N–H and O–H groups in total. The highest BCUT2D eigenvalue weighted by Gasteiger charge is 2.34. The van der Waals surface area contributed by atoms with Crippen molar-refractivity contribution in [1.29, 1.82) is 0 Å². The average molecular weight is 387 g/mol. The van der Waals surface area contributed by atoms with E-state index < -0.39 is 23.5 Å². The van der Waals surface area contributed by atoms with Crippen LogP contribution in [0.15, 0.2) is 48.5 Å². The maximum Gasteiger partial charge on any atom is 0.414 e. The van der Waals surface area contributed by atoms with E-state index >= 15 is 0 Å². The topological polar surface area (TPSA) is 105 Å². The molecule has 0 spiro atoms. The molecule has 7 heteroatoms. The normalized spacial score (nSPS) is 12.1. The van der Waals surface area contributed by atoms with Gasteiger partial charge < -0.3 is 19.7 Å². The van der Waals surface area contributed by atoms with Gasteiger partial charge in [-0.25, -0.2) is 4.79 Å². The van der Waals surface area contributed by atoms with Crippen LogP contribution in [0, 0.1) is 5.41 Å². The van der Waals surface area contributed by atoms with Gasteiger partial charge in [0.1, 0.15) is 6.10 Å². The van der Waals surface area contributed by atoms with Gasteiger partial charge in [-0.3, -0.25) is 10.1 Å². The summed E-state index contributed by atoms with van der Waals surface area (Å²) in [4.78, 5) is 24.5. The second kappa shape index (κ2) is 9.23. The molecule has 7 nitrogen and oxygen atoms in total. The maximum atomic E-state index is 12.4. The highest BCUT2D eigenvalue weighted by atomic mass is 16.6. The lowest BCUT2D eigenvalue weighted by atomic mass is 9.80. The highest BCUT2D eigenvalue weighted by molar-refractivity contribution is 6.02. The van der Waals surface area contributed by atoms with E-state index in [1.165, 1.54) is 13.2 Å². The number of aliphatic hydroxyl groups is 1. The Morgan fingerprint density at radius 3 is 2.39 bits per heavy atom. The molecule has 2 amide bonds. The lowest BCUT2D eigenvalue weighted by Gasteiger charge is -2.33. The summed E-state index contributed by atoms with van der Waals surface area (Å²) in [5.41, 5.74) is 0.176. The summed E-state index contributed by atoms with van der Waals surface area (Å²) in [6, 6.07) is 13.0. The number of carbonyl (C=O) groups is 2. The van der Waals surface area contributed by atoms with E-state index in [0.717, 1.165) is 0 Å². The Hall–Kier alpha value is -3.06. The fraction of sp³-hybridized carbons (Fsp3) is 0.333. The molecule has 2 aromatic rings. The van der Waals surface area contributed by atoms with Crippen LogP contribution in [0.1, 0.15) is 42.3 Å². The molecule has 0 aliphatic carbocycles. The first-order chi connectivity index (χ1) is 13.3. The van der Waals surface area contributed by atoms with Crippen molar-refractivity contribution >= 4 is 12.0 Å². The van der Waals surface area contributed by atoms with Gasteiger partial charge >= 0.3 is 6.09 Å². The first-order valence-corrected chi connectivity index (χ1v) is 8.83. The van der Waals surface area contributed by atoms with Crippen LogP contribution in [-0.4, -0.2) is 35.9 Å². The third-order valence-electron chi connectivity index (χ3n) is 4.45. The number of aliphatic hydroxyl groups excluding tert-OH is 1. The monoisotopic (exact) mass is 387 g/mol. The van der Waals surface area contributed by atoms with Gasteiger partial charge in [-0.2, -0.15) is 0 Å². The third-order valence-corrected chi connectivity index (χ3v) is 4.45. The van der Waals surface area contributed by atoms with E-state index in [9.17, 15) is 19.8 Å². The number of phenols is 1. The van der Waals surface area contributed by atoms with Crippen LogP contribution in [0.3, 0.4) is 0 Å². The number of methoxy groups -OCH3 is 1. The molecule has 2 rings (SSSR count). The van der Waals surface area contributed by atoms with E-state index in [0.29, 0.717) is 17.5 Å². The van der Waals surface area contributed by atoms with Gasteiger partial charge in [-0.1, -0.05) is 38.1 Å². The molecule has 0 saturated carbocycles. The Balaban J connectivity index is 2.23. The fourth-order valence-corrected chi connectivity index (χ4v) is 2.86. The van der Waals surface area contributed by atoms with Gasteiger partial charge in [0.25, 0.3) is 5.91 Å². The van der Waals surface area contributed by atoms with Gasteiger partial charge in [0.05, 0.1) is 7.11 Å². The minimum atomic E-state index is -0.917. The van der Waals surface area contributed by atoms with E-state index in [1.807, 2.05) is 13.8 Å². The summed E-state index contributed by atoms with van der Waals surface area (Å²) in [6.07, 6.45) is -1.40. The molecule has 0 fully saturated rings. The number of hydrogen-bond acceptors (Lipinski definition) is 6. The fourth-order valence-electron chi connectivity index (χ4n) is 2.86. The van der Waals surface area contributed by atoms with Crippen molar-refractivity contribution < 1.29 is 29.3 Å². The predicted molar refractivity (Wildman–Crippen MR) is 103 cm³/mol. The van der Waals surface area contributed by atoms with Crippen molar-refractivity contribution in [3.05, 3.63) is 59.7 Å². The number of ether oxygens (including phenoxy) is 2. The number of alkyl carbamates (subject to hydrolysis) is 1. The molecule has 0 aromatic heterocycles. The van der Waals surface area contributed by atoms with Crippen molar-refractivity contribution in [3.8, 4) is 11.5 Å². The zero-order valence-electron chi connectivity index (χ0n) is 16.1. The minimum Gasteiger partial charge on any atom is -0.504 e. The zero-order chi connectivity index (χ0) is 20.7. The van der Waals surface area contributed by atoms with Crippen LogP contribution in [0.2, 0.25) is 0 Å². The highest BCUT2D eigenvalue weighted by Crippen LogP contribution is 2.41. The molecule has 28 heavy (non-hydrogen) atoms. The second-order valence-electron chi connectivity index (χ2n) is 7.00. The Bertz CT molecular complexity index is 819. The molecule has 0 bridgehead atoms. The first-order valence-electron chi connectivity index (χ1n) is 8.83. The molecule has 0 radical (unpaired) electrons.